The molecule has 1 fully saturated rings. The molecule has 3 rings (SSSR count). The van der Waals surface area contributed by atoms with Crippen LogP contribution in [0.3, 0.4) is 0 Å². The van der Waals surface area contributed by atoms with Crippen LogP contribution in [0.15, 0.2) is 36.5 Å². The normalized spacial score (nSPS) is 19.6. The van der Waals surface area contributed by atoms with E-state index >= 15 is 0 Å². The lowest BCUT2D eigenvalue weighted by molar-refractivity contribution is 0.00981. The predicted octanol–water partition coefficient (Wildman–Crippen LogP) is 5.75. The Balaban J connectivity index is 2.08. The van der Waals surface area contributed by atoms with Gasteiger partial charge in [-0.2, -0.15) is 5.26 Å². The molecule has 1 aliphatic rings. The van der Waals surface area contributed by atoms with Gasteiger partial charge in [-0.15, -0.1) is 0 Å². The number of likely N-dealkylation sites (tertiary alicyclic amines) is 1. The molecule has 8 heteroatoms. The number of aromatic nitrogens is 1. The van der Waals surface area contributed by atoms with Crippen LogP contribution in [0.1, 0.15) is 70.3 Å². The van der Waals surface area contributed by atoms with E-state index < -0.39 is 23.1 Å². The number of esters is 1. The minimum absolute atomic E-state index is 0.199. The summed E-state index contributed by atoms with van der Waals surface area (Å²) in [6.45, 7) is 12.5. The maximum absolute atomic E-state index is 13.2. The molecule has 0 bridgehead atoms. The van der Waals surface area contributed by atoms with Crippen LogP contribution in [-0.4, -0.2) is 53.9 Å². The molecular weight excluding hydrogens is 470 g/mol. The highest BCUT2D eigenvalue weighted by atomic mass is 16.6. The molecule has 1 saturated heterocycles. The van der Waals surface area contributed by atoms with Crippen molar-refractivity contribution in [2.24, 2.45) is 5.92 Å². The van der Waals surface area contributed by atoms with Crippen LogP contribution < -0.4 is 4.74 Å². The number of nitrogens with zero attached hydrogens (tertiary/aromatic N) is 3. The van der Waals surface area contributed by atoms with Crippen LogP contribution in [0.2, 0.25) is 0 Å². The predicted molar refractivity (Wildman–Crippen MR) is 140 cm³/mol. The molecule has 0 N–H and O–H groups in total. The Labute approximate surface area is 219 Å². The SMILES string of the molecule is CCOC(=O)c1cc(-c2cccnc2OCC)ccc1[C@]1(C#N)CCN(C(=O)OC(C)(C)C)C[C@H]1CC. The van der Waals surface area contributed by atoms with Gasteiger partial charge >= 0.3 is 12.1 Å². The zero-order chi connectivity index (χ0) is 27.2. The van der Waals surface area contributed by atoms with E-state index in [9.17, 15) is 14.9 Å². The second-order valence-corrected chi connectivity index (χ2v) is 10.1. The molecule has 2 heterocycles. The largest absolute Gasteiger partial charge is 0.478 e. The lowest BCUT2D eigenvalue weighted by Crippen LogP contribution is -2.52. The number of benzene rings is 1. The average molecular weight is 508 g/mol. The molecule has 0 unspecified atom stereocenters. The van der Waals surface area contributed by atoms with Crippen molar-refractivity contribution in [1.82, 2.24) is 9.88 Å². The quantitative estimate of drug-likeness (QED) is 0.440. The molecular formula is C29H37N3O5. The van der Waals surface area contributed by atoms with Crippen molar-refractivity contribution in [2.75, 3.05) is 26.3 Å². The van der Waals surface area contributed by atoms with Crippen molar-refractivity contribution >= 4 is 12.1 Å². The Hall–Kier alpha value is -3.60. The summed E-state index contributed by atoms with van der Waals surface area (Å²) in [5.74, 6) is -0.213. The van der Waals surface area contributed by atoms with Crippen LogP contribution in [0.25, 0.3) is 11.1 Å². The molecule has 0 saturated carbocycles. The van der Waals surface area contributed by atoms with Crippen LogP contribution in [0.5, 0.6) is 5.88 Å². The first-order valence-corrected chi connectivity index (χ1v) is 12.9. The van der Waals surface area contributed by atoms with Gasteiger partial charge in [-0.25, -0.2) is 14.6 Å². The molecule has 1 amide bonds. The highest BCUT2D eigenvalue weighted by Crippen LogP contribution is 2.44. The second kappa shape index (κ2) is 11.6. The molecule has 0 spiro atoms. The van der Waals surface area contributed by atoms with E-state index in [1.165, 1.54) is 0 Å². The van der Waals surface area contributed by atoms with E-state index in [2.05, 4.69) is 11.1 Å². The Bertz CT molecular complexity index is 1170. The van der Waals surface area contributed by atoms with Crippen LogP contribution in [0.4, 0.5) is 4.79 Å². The molecule has 2 atom stereocenters. The molecule has 1 aliphatic heterocycles. The molecule has 0 radical (unpaired) electrons. The molecule has 37 heavy (non-hydrogen) atoms. The fraction of sp³-hybridized carbons (Fsp3) is 0.517. The monoisotopic (exact) mass is 507 g/mol. The third-order valence-corrected chi connectivity index (χ3v) is 6.62. The number of carbonyl (C=O) groups is 2. The minimum atomic E-state index is -0.967. The van der Waals surface area contributed by atoms with Crippen molar-refractivity contribution in [3.05, 3.63) is 47.7 Å². The lowest BCUT2D eigenvalue weighted by Gasteiger charge is -2.44. The van der Waals surface area contributed by atoms with Crippen LogP contribution >= 0.6 is 0 Å². The Kier molecular flexibility index (Phi) is 8.80. The van der Waals surface area contributed by atoms with Crippen molar-refractivity contribution in [1.29, 1.82) is 5.26 Å². The van der Waals surface area contributed by atoms with E-state index in [-0.39, 0.29) is 12.5 Å². The van der Waals surface area contributed by atoms with Gasteiger partial charge in [0.1, 0.15) is 5.60 Å². The van der Waals surface area contributed by atoms with Gasteiger partial charge in [0.05, 0.1) is 30.3 Å². The third-order valence-electron chi connectivity index (χ3n) is 6.62. The number of hydrogen-bond donors (Lipinski definition) is 0. The summed E-state index contributed by atoms with van der Waals surface area (Å²) in [6.07, 6.45) is 2.29. The number of pyridine rings is 1. The van der Waals surface area contributed by atoms with Crippen LogP contribution in [0, 0.1) is 17.2 Å². The van der Waals surface area contributed by atoms with E-state index in [0.717, 1.165) is 11.1 Å². The summed E-state index contributed by atoms with van der Waals surface area (Å²) in [5, 5.41) is 10.6. The van der Waals surface area contributed by atoms with Gasteiger partial charge in [0.2, 0.25) is 5.88 Å². The van der Waals surface area contributed by atoms with Crippen molar-refractivity contribution in [2.45, 2.75) is 65.4 Å². The Morgan fingerprint density at radius 2 is 1.95 bits per heavy atom. The smallest absolute Gasteiger partial charge is 0.410 e. The van der Waals surface area contributed by atoms with Crippen molar-refractivity contribution in [3.63, 3.8) is 0 Å². The molecule has 2 aromatic rings. The number of amides is 1. The van der Waals surface area contributed by atoms with Crippen molar-refractivity contribution in [3.8, 4) is 23.1 Å². The zero-order valence-corrected chi connectivity index (χ0v) is 22.7. The zero-order valence-electron chi connectivity index (χ0n) is 22.7. The first-order chi connectivity index (χ1) is 17.6. The number of rotatable bonds is 7. The summed E-state index contributed by atoms with van der Waals surface area (Å²) in [5.41, 5.74) is 0.884. The second-order valence-electron chi connectivity index (χ2n) is 10.1. The summed E-state index contributed by atoms with van der Waals surface area (Å²) in [6, 6.07) is 11.7. The number of nitriles is 1. The fourth-order valence-corrected chi connectivity index (χ4v) is 4.90. The number of hydrogen-bond acceptors (Lipinski definition) is 7. The lowest BCUT2D eigenvalue weighted by atomic mass is 9.64. The first kappa shape index (κ1) is 28.0. The molecule has 1 aromatic heterocycles. The van der Waals surface area contributed by atoms with Gasteiger partial charge in [-0.1, -0.05) is 19.1 Å². The van der Waals surface area contributed by atoms with Gasteiger partial charge in [-0.3, -0.25) is 0 Å². The number of piperidine rings is 1. The van der Waals surface area contributed by atoms with Gasteiger partial charge in [-0.05, 0) is 82.7 Å². The summed E-state index contributed by atoms with van der Waals surface area (Å²) < 4.78 is 16.7. The van der Waals surface area contributed by atoms with E-state index in [1.54, 1.807) is 24.1 Å². The summed E-state index contributed by atoms with van der Waals surface area (Å²) >= 11 is 0. The first-order valence-electron chi connectivity index (χ1n) is 12.9. The number of ether oxygens (including phenoxy) is 3. The molecule has 8 nitrogen and oxygen atoms in total. The summed E-state index contributed by atoms with van der Waals surface area (Å²) in [4.78, 5) is 32.0. The third kappa shape index (κ3) is 6.04. The Morgan fingerprint density at radius 3 is 2.57 bits per heavy atom. The van der Waals surface area contributed by atoms with Crippen LogP contribution in [-0.2, 0) is 14.9 Å². The maximum Gasteiger partial charge on any atom is 0.410 e. The van der Waals surface area contributed by atoms with E-state index in [1.807, 2.05) is 58.9 Å². The highest BCUT2D eigenvalue weighted by Gasteiger charge is 2.47. The average Bonchev–Trinajstić information content (AvgIpc) is 2.87. The number of carbonyl (C=O) groups excluding carboxylic acids is 2. The standard InChI is InChI=1S/C29H37N3O5/c1-7-21-18-32(27(34)37-28(4,5)6)16-14-29(21,19-30)24-13-12-20(17-23(24)26(33)36-9-3)22-11-10-15-31-25(22)35-8-2/h10-13,15,17,21H,7-9,14,16,18H2,1-6H3/t21-,29+/m1/s1. The van der Waals surface area contributed by atoms with Gasteiger partial charge in [0.15, 0.2) is 0 Å². The molecule has 0 aliphatic carbocycles. The maximum atomic E-state index is 13.2. The summed E-state index contributed by atoms with van der Waals surface area (Å²) in [7, 11) is 0. The Morgan fingerprint density at radius 1 is 1.19 bits per heavy atom. The minimum Gasteiger partial charge on any atom is -0.478 e. The highest BCUT2D eigenvalue weighted by molar-refractivity contribution is 5.94. The van der Waals surface area contributed by atoms with E-state index in [4.69, 9.17) is 14.2 Å². The van der Waals surface area contributed by atoms with Gasteiger partial charge < -0.3 is 19.1 Å². The fourth-order valence-electron chi connectivity index (χ4n) is 4.90. The van der Waals surface area contributed by atoms with E-state index in [0.29, 0.717) is 49.5 Å². The topological polar surface area (TPSA) is 102 Å². The van der Waals surface area contributed by atoms with Gasteiger partial charge in [0.25, 0.3) is 0 Å². The molecule has 1 aromatic carbocycles. The van der Waals surface area contributed by atoms with Crippen molar-refractivity contribution < 1.29 is 23.8 Å². The van der Waals surface area contributed by atoms with Gasteiger partial charge in [0, 0.05) is 24.8 Å². The molecule has 198 valence electrons.